The zero-order valence-electron chi connectivity index (χ0n) is 36.0. The number of hydrogen-bond donors (Lipinski definition) is 0. The fourth-order valence-corrected chi connectivity index (χ4v) is 4.96. The first-order valence-corrected chi connectivity index (χ1v) is 19.9. The molecule has 12 heteroatoms. The van der Waals surface area contributed by atoms with Crippen LogP contribution in [0.2, 0.25) is 0 Å². The molecular formula is C50H54O12. The van der Waals surface area contributed by atoms with E-state index in [4.69, 9.17) is 28.4 Å². The van der Waals surface area contributed by atoms with E-state index in [0.717, 1.165) is 28.9 Å². The Morgan fingerprint density at radius 2 is 1.02 bits per heavy atom. The topological polar surface area (TPSA) is 150 Å². The van der Waals surface area contributed by atoms with Crippen LogP contribution in [-0.2, 0) is 33.4 Å². The lowest BCUT2D eigenvalue weighted by Gasteiger charge is -2.10. The van der Waals surface area contributed by atoms with E-state index < -0.39 is 17.9 Å². The molecule has 62 heavy (non-hydrogen) atoms. The summed E-state index contributed by atoms with van der Waals surface area (Å²) in [6.45, 7) is 20.7. The van der Waals surface area contributed by atoms with Crippen molar-refractivity contribution in [2.24, 2.45) is 0 Å². The molecule has 0 aliphatic rings. The SMILES string of the molecule is C=C(C)C(=O)OCC.C=C(C)C(=O)OCCCCOc1ccc(-c2ccc(/C=C/C(=O)Oc3ccc(OC(=O)c4ccc(OCCCOC(=O)C(=C)C)cc4)cc3C)cc2)cc1. The smallest absolute Gasteiger partial charge is 0.343 e. The first-order valence-electron chi connectivity index (χ1n) is 19.9. The highest BCUT2D eigenvalue weighted by atomic mass is 16.6. The van der Waals surface area contributed by atoms with Crippen LogP contribution in [0.1, 0.15) is 68.4 Å². The number of aryl methyl sites for hydroxylation is 1. The quantitative estimate of drug-likeness (QED) is 0.0258. The highest BCUT2D eigenvalue weighted by Gasteiger charge is 2.12. The lowest BCUT2D eigenvalue weighted by atomic mass is 10.0. The zero-order valence-corrected chi connectivity index (χ0v) is 36.0. The number of benzene rings is 4. The van der Waals surface area contributed by atoms with Gasteiger partial charge in [-0.25, -0.2) is 24.0 Å². The van der Waals surface area contributed by atoms with Crippen molar-refractivity contribution in [3.05, 3.63) is 150 Å². The lowest BCUT2D eigenvalue weighted by molar-refractivity contribution is -0.140. The normalized spacial score (nSPS) is 10.3. The van der Waals surface area contributed by atoms with Gasteiger partial charge in [-0.05, 0) is 130 Å². The predicted molar refractivity (Wildman–Crippen MR) is 237 cm³/mol. The number of carbonyl (C=O) groups is 5. The molecule has 4 rings (SSSR count). The molecule has 0 saturated carbocycles. The van der Waals surface area contributed by atoms with Crippen LogP contribution in [0.3, 0.4) is 0 Å². The Kier molecular flexibility index (Phi) is 20.7. The molecule has 0 bridgehead atoms. The van der Waals surface area contributed by atoms with Gasteiger partial charge < -0.3 is 33.2 Å². The Balaban J connectivity index is 0.00000116. The van der Waals surface area contributed by atoms with E-state index >= 15 is 0 Å². The Labute approximate surface area is 363 Å². The molecule has 0 spiro atoms. The van der Waals surface area contributed by atoms with Crippen LogP contribution in [0.5, 0.6) is 23.0 Å². The Morgan fingerprint density at radius 3 is 1.53 bits per heavy atom. The average molecular weight is 847 g/mol. The second-order valence-electron chi connectivity index (χ2n) is 13.8. The Hall–Kier alpha value is -7.21. The molecule has 0 saturated heterocycles. The number of unbranched alkanes of at least 4 members (excludes halogenated alkanes) is 1. The number of rotatable bonds is 21. The van der Waals surface area contributed by atoms with Crippen LogP contribution in [-0.4, -0.2) is 62.9 Å². The van der Waals surface area contributed by atoms with Gasteiger partial charge in [0.1, 0.15) is 23.0 Å². The minimum atomic E-state index is -0.554. The first-order chi connectivity index (χ1) is 29.7. The number of esters is 5. The van der Waals surface area contributed by atoms with Crippen molar-refractivity contribution < 1.29 is 57.1 Å². The van der Waals surface area contributed by atoms with E-state index in [-0.39, 0.29) is 18.5 Å². The molecular weight excluding hydrogens is 793 g/mol. The van der Waals surface area contributed by atoms with Crippen molar-refractivity contribution >= 4 is 35.9 Å². The van der Waals surface area contributed by atoms with Gasteiger partial charge in [0.05, 0.1) is 38.6 Å². The maximum atomic E-state index is 12.7. The van der Waals surface area contributed by atoms with E-state index in [1.54, 1.807) is 83.2 Å². The van der Waals surface area contributed by atoms with Gasteiger partial charge in [-0.3, -0.25) is 0 Å². The van der Waals surface area contributed by atoms with Crippen LogP contribution in [0.4, 0.5) is 0 Å². The fourth-order valence-electron chi connectivity index (χ4n) is 4.96. The number of ether oxygens (including phenoxy) is 7. The molecule has 0 atom stereocenters. The minimum absolute atomic E-state index is 0.219. The summed E-state index contributed by atoms with van der Waals surface area (Å²) < 4.78 is 37.1. The molecule has 0 N–H and O–H groups in total. The van der Waals surface area contributed by atoms with Crippen molar-refractivity contribution in [3.8, 4) is 34.1 Å². The predicted octanol–water partition coefficient (Wildman–Crippen LogP) is 9.79. The van der Waals surface area contributed by atoms with Crippen LogP contribution in [0.25, 0.3) is 17.2 Å². The first kappa shape index (κ1) is 49.2. The van der Waals surface area contributed by atoms with Gasteiger partial charge in [-0.1, -0.05) is 56.1 Å². The van der Waals surface area contributed by atoms with Gasteiger partial charge >= 0.3 is 29.8 Å². The molecule has 0 amide bonds. The van der Waals surface area contributed by atoms with Crippen LogP contribution in [0, 0.1) is 6.92 Å². The number of carbonyl (C=O) groups excluding carboxylic acids is 5. The van der Waals surface area contributed by atoms with Crippen molar-refractivity contribution in [3.63, 3.8) is 0 Å². The molecule has 0 aliphatic heterocycles. The van der Waals surface area contributed by atoms with E-state index in [9.17, 15) is 24.0 Å². The summed E-state index contributed by atoms with van der Waals surface area (Å²) in [5.74, 6) is -0.273. The van der Waals surface area contributed by atoms with E-state index in [1.807, 2.05) is 48.5 Å². The summed E-state index contributed by atoms with van der Waals surface area (Å²) in [5, 5.41) is 0. The summed E-state index contributed by atoms with van der Waals surface area (Å²) in [7, 11) is 0. The fraction of sp³-hybridized carbons (Fsp3) is 0.260. The van der Waals surface area contributed by atoms with Crippen molar-refractivity contribution in [1.82, 2.24) is 0 Å². The van der Waals surface area contributed by atoms with Gasteiger partial charge in [-0.15, -0.1) is 0 Å². The van der Waals surface area contributed by atoms with Gasteiger partial charge in [0.25, 0.3) is 0 Å². The van der Waals surface area contributed by atoms with Crippen molar-refractivity contribution in [1.29, 1.82) is 0 Å². The molecule has 0 heterocycles. The highest BCUT2D eigenvalue weighted by molar-refractivity contribution is 5.92. The third kappa shape index (κ3) is 18.0. The average Bonchev–Trinajstić information content (AvgIpc) is 3.25. The largest absolute Gasteiger partial charge is 0.494 e. The van der Waals surface area contributed by atoms with Gasteiger partial charge in [0, 0.05) is 29.2 Å². The summed E-state index contributed by atoms with van der Waals surface area (Å²) >= 11 is 0. The molecule has 4 aromatic rings. The van der Waals surface area contributed by atoms with Crippen LogP contribution >= 0.6 is 0 Å². The molecule has 0 unspecified atom stereocenters. The molecule has 0 aliphatic carbocycles. The molecule has 0 radical (unpaired) electrons. The van der Waals surface area contributed by atoms with Crippen molar-refractivity contribution in [2.45, 2.75) is 53.9 Å². The van der Waals surface area contributed by atoms with E-state index in [0.29, 0.717) is 84.4 Å². The molecule has 0 fully saturated rings. The second kappa shape index (κ2) is 26.1. The Morgan fingerprint density at radius 1 is 0.548 bits per heavy atom. The molecule has 4 aromatic carbocycles. The molecule has 12 nitrogen and oxygen atoms in total. The Bertz CT molecular complexity index is 2200. The molecule has 0 aromatic heterocycles. The van der Waals surface area contributed by atoms with E-state index in [1.165, 1.54) is 6.08 Å². The standard InChI is InChI=1S/C44H44O10.C6H10O2/c1-30(2)42(46)51-26-7-6-25-49-37-18-14-35(15-19-37)34-12-9-33(10-13-34)11-24-41(45)54-40-23-22-39(29-32(40)5)53-44(48)36-16-20-38(21-17-36)50-27-8-28-52-43(47)31(3)4;1-4-8-6(7)5(2)3/h9-24,29H,1,3,6-8,25-28H2,2,4-5H3;2,4H2,1,3H3/b24-11+;. The van der Waals surface area contributed by atoms with Gasteiger partial charge in [0.15, 0.2) is 0 Å². The minimum Gasteiger partial charge on any atom is -0.494 e. The zero-order chi connectivity index (χ0) is 45.4. The third-order valence-electron chi connectivity index (χ3n) is 8.32. The number of hydrogen-bond acceptors (Lipinski definition) is 12. The maximum Gasteiger partial charge on any atom is 0.343 e. The summed E-state index contributed by atoms with van der Waals surface area (Å²) in [4.78, 5) is 58.6. The summed E-state index contributed by atoms with van der Waals surface area (Å²) in [6.07, 6.45) is 5.00. The monoisotopic (exact) mass is 846 g/mol. The maximum absolute atomic E-state index is 12.7. The summed E-state index contributed by atoms with van der Waals surface area (Å²) in [6, 6.07) is 26.8. The van der Waals surface area contributed by atoms with Gasteiger partial charge in [-0.2, -0.15) is 0 Å². The van der Waals surface area contributed by atoms with E-state index in [2.05, 4.69) is 24.5 Å². The van der Waals surface area contributed by atoms with Gasteiger partial charge in [0.2, 0.25) is 0 Å². The van der Waals surface area contributed by atoms with Crippen LogP contribution < -0.4 is 18.9 Å². The van der Waals surface area contributed by atoms with Crippen molar-refractivity contribution in [2.75, 3.05) is 33.0 Å². The third-order valence-corrected chi connectivity index (χ3v) is 8.32. The second-order valence-corrected chi connectivity index (χ2v) is 13.8. The highest BCUT2D eigenvalue weighted by Crippen LogP contribution is 2.26. The molecule has 326 valence electrons. The van der Waals surface area contributed by atoms with Crippen LogP contribution in [0.15, 0.2) is 134 Å². The lowest BCUT2D eigenvalue weighted by Crippen LogP contribution is -2.10. The summed E-state index contributed by atoms with van der Waals surface area (Å²) in [5.41, 5.74) is 4.98.